The van der Waals surface area contributed by atoms with Crippen molar-refractivity contribution in [1.29, 1.82) is 0 Å². The van der Waals surface area contributed by atoms with Gasteiger partial charge < -0.3 is 0 Å². The molecule has 1 N–H and O–H groups in total. The van der Waals surface area contributed by atoms with Gasteiger partial charge >= 0.3 is 11.2 Å². The van der Waals surface area contributed by atoms with E-state index in [0.717, 1.165) is 10.0 Å². The number of nitrogens with zero attached hydrogens (tertiary/aromatic N) is 4. The Kier molecular flexibility index (Phi) is 3.55. The fourth-order valence-electron chi connectivity index (χ4n) is 1.98. The topological polar surface area (TPSA) is 106 Å². The van der Waals surface area contributed by atoms with Gasteiger partial charge in [0, 0.05) is 4.47 Å². The van der Waals surface area contributed by atoms with Crippen LogP contribution in [0.4, 0.5) is 5.69 Å². The molecule has 2 aromatic heterocycles. The molecule has 1 aromatic carbocycles. The van der Waals surface area contributed by atoms with E-state index in [1.165, 1.54) is 16.9 Å². The summed E-state index contributed by atoms with van der Waals surface area (Å²) in [6.07, 6.45) is 4.43. The zero-order valence-corrected chi connectivity index (χ0v) is 12.5. The molecule has 0 aliphatic carbocycles. The highest BCUT2D eigenvalue weighted by molar-refractivity contribution is 9.10. The number of H-pyrrole nitrogens is 1. The molecule has 0 aliphatic rings. The maximum Gasteiger partial charge on any atom is 0.346 e. The second kappa shape index (κ2) is 5.53. The fourth-order valence-corrected chi connectivity index (χ4v) is 2.24. The zero-order chi connectivity index (χ0) is 15.7. The highest BCUT2D eigenvalue weighted by Crippen LogP contribution is 2.20. The van der Waals surface area contributed by atoms with E-state index < -0.39 is 16.2 Å². The van der Waals surface area contributed by atoms with Crippen LogP contribution >= 0.6 is 15.9 Å². The zero-order valence-electron chi connectivity index (χ0n) is 10.9. The monoisotopic (exact) mass is 361 g/mol. The number of rotatable bonds is 3. The van der Waals surface area contributed by atoms with Crippen molar-refractivity contribution in [2.45, 2.75) is 0 Å². The highest BCUT2D eigenvalue weighted by atomic mass is 79.9. The van der Waals surface area contributed by atoms with E-state index >= 15 is 0 Å². The van der Waals surface area contributed by atoms with E-state index in [0.29, 0.717) is 0 Å². The minimum Gasteiger partial charge on any atom is -0.260 e. The Balaban J connectivity index is 2.18. The lowest BCUT2D eigenvalue weighted by Crippen LogP contribution is -2.17. The first-order valence-electron chi connectivity index (χ1n) is 6.10. The molecule has 0 radical (unpaired) electrons. The van der Waals surface area contributed by atoms with Gasteiger partial charge in [-0.3, -0.25) is 20.0 Å². The molecule has 0 saturated carbocycles. The number of hydrogen-bond acceptors (Lipinski definition) is 5. The average Bonchev–Trinajstić information content (AvgIpc) is 2.93. The van der Waals surface area contributed by atoms with Crippen molar-refractivity contribution in [2.75, 3.05) is 0 Å². The van der Waals surface area contributed by atoms with Gasteiger partial charge in [0.15, 0.2) is 5.65 Å². The Hall–Kier alpha value is -2.81. The summed E-state index contributed by atoms with van der Waals surface area (Å²) in [7, 11) is 0. The number of aromatic amines is 1. The van der Waals surface area contributed by atoms with Crippen LogP contribution in [-0.2, 0) is 0 Å². The van der Waals surface area contributed by atoms with Crippen LogP contribution in [-0.4, -0.2) is 24.7 Å². The van der Waals surface area contributed by atoms with Gasteiger partial charge in [-0.1, -0.05) is 34.1 Å². The van der Waals surface area contributed by atoms with E-state index in [4.69, 9.17) is 0 Å². The van der Waals surface area contributed by atoms with Gasteiger partial charge in [0.2, 0.25) is 0 Å². The summed E-state index contributed by atoms with van der Waals surface area (Å²) in [5, 5.41) is 20.9. The van der Waals surface area contributed by atoms with Crippen LogP contribution in [0, 0.1) is 10.1 Å². The minimum absolute atomic E-state index is 0.106. The Morgan fingerprint density at radius 1 is 1.27 bits per heavy atom. The Morgan fingerprint density at radius 2 is 2.00 bits per heavy atom. The first-order chi connectivity index (χ1) is 10.6. The molecule has 110 valence electrons. The molecule has 0 unspecified atom stereocenters. The van der Waals surface area contributed by atoms with Crippen LogP contribution in [0.1, 0.15) is 11.1 Å². The number of halogens is 1. The van der Waals surface area contributed by atoms with E-state index in [2.05, 4.69) is 31.2 Å². The van der Waals surface area contributed by atoms with Gasteiger partial charge in [0.25, 0.3) is 0 Å². The molecule has 0 fully saturated rings. The number of aromatic nitrogens is 4. The molecular formula is C13H8BrN5O3. The number of nitrogens with one attached hydrogen (secondary N) is 1. The molecule has 0 spiro atoms. The Labute approximate surface area is 131 Å². The molecule has 0 atom stereocenters. The molecule has 3 aromatic rings. The van der Waals surface area contributed by atoms with Crippen molar-refractivity contribution in [3.8, 4) is 0 Å². The van der Waals surface area contributed by atoms with Crippen molar-refractivity contribution >= 4 is 39.4 Å². The largest absolute Gasteiger partial charge is 0.346 e. The Morgan fingerprint density at radius 3 is 2.68 bits per heavy atom. The SMILES string of the molecule is O=c1[nH]n2cnnc2c(/C=C/c2ccc(Br)cc2)c1[N+](=O)[O-]. The Bertz CT molecular complexity index is 942. The highest BCUT2D eigenvalue weighted by Gasteiger charge is 2.22. The van der Waals surface area contributed by atoms with Gasteiger partial charge in [-0.25, -0.2) is 4.52 Å². The van der Waals surface area contributed by atoms with Crippen LogP contribution in [0.25, 0.3) is 17.8 Å². The van der Waals surface area contributed by atoms with Crippen molar-refractivity contribution in [3.05, 3.63) is 66.7 Å². The van der Waals surface area contributed by atoms with Crippen LogP contribution in [0.2, 0.25) is 0 Å². The number of hydrogen-bond donors (Lipinski definition) is 1. The summed E-state index contributed by atoms with van der Waals surface area (Å²) in [5.74, 6) is 0. The second-order valence-corrected chi connectivity index (χ2v) is 5.29. The molecule has 2 heterocycles. The smallest absolute Gasteiger partial charge is 0.260 e. The average molecular weight is 362 g/mol. The van der Waals surface area contributed by atoms with Crippen LogP contribution < -0.4 is 5.56 Å². The summed E-state index contributed by atoms with van der Waals surface area (Å²) in [5.41, 5.74) is -0.231. The van der Waals surface area contributed by atoms with Crippen molar-refractivity contribution in [1.82, 2.24) is 19.8 Å². The standard InChI is InChI=1S/C13H8BrN5O3/c14-9-4-1-8(2-5-9)3-6-10-11(19(21)22)13(20)17-18-7-15-16-12(10)18/h1-7H,(H,17,20)/b6-3+. The van der Waals surface area contributed by atoms with E-state index in [-0.39, 0.29) is 11.2 Å². The third-order valence-corrected chi connectivity index (χ3v) is 3.50. The van der Waals surface area contributed by atoms with Gasteiger partial charge in [-0.2, -0.15) is 0 Å². The second-order valence-electron chi connectivity index (χ2n) is 4.37. The van der Waals surface area contributed by atoms with Crippen LogP contribution in [0.3, 0.4) is 0 Å². The maximum atomic E-state index is 11.8. The number of benzene rings is 1. The molecule has 3 rings (SSSR count). The van der Waals surface area contributed by atoms with Gasteiger partial charge in [0.1, 0.15) is 11.9 Å². The van der Waals surface area contributed by atoms with E-state index in [1.54, 1.807) is 6.08 Å². The lowest BCUT2D eigenvalue weighted by molar-refractivity contribution is -0.386. The fraction of sp³-hybridized carbons (Fsp3) is 0. The lowest BCUT2D eigenvalue weighted by Gasteiger charge is -2.00. The van der Waals surface area contributed by atoms with Crippen molar-refractivity contribution in [3.63, 3.8) is 0 Å². The minimum atomic E-state index is -0.812. The van der Waals surface area contributed by atoms with Gasteiger partial charge in [-0.05, 0) is 23.8 Å². The molecule has 8 nitrogen and oxygen atoms in total. The number of fused-ring (bicyclic) bond motifs is 1. The molecular weight excluding hydrogens is 354 g/mol. The lowest BCUT2D eigenvalue weighted by atomic mass is 10.1. The summed E-state index contributed by atoms with van der Waals surface area (Å²) in [4.78, 5) is 22.3. The molecule has 0 saturated heterocycles. The van der Waals surface area contributed by atoms with Gasteiger partial charge in [0.05, 0.1) is 4.92 Å². The molecule has 22 heavy (non-hydrogen) atoms. The summed E-state index contributed by atoms with van der Waals surface area (Å²) in [6, 6.07) is 7.36. The molecule has 0 bridgehead atoms. The van der Waals surface area contributed by atoms with Crippen LogP contribution in [0.15, 0.2) is 39.9 Å². The molecule has 0 aliphatic heterocycles. The predicted octanol–water partition coefficient (Wildman–Crippen LogP) is 2.26. The third kappa shape index (κ3) is 2.53. The third-order valence-electron chi connectivity index (χ3n) is 2.98. The molecule has 0 amide bonds. The number of nitro groups is 1. The van der Waals surface area contributed by atoms with Gasteiger partial charge in [-0.15, -0.1) is 10.2 Å². The normalized spacial score (nSPS) is 11.3. The van der Waals surface area contributed by atoms with E-state index in [9.17, 15) is 14.9 Å². The predicted molar refractivity (Wildman–Crippen MR) is 83.3 cm³/mol. The van der Waals surface area contributed by atoms with E-state index in [1.807, 2.05) is 24.3 Å². The summed E-state index contributed by atoms with van der Waals surface area (Å²) < 4.78 is 2.17. The first-order valence-corrected chi connectivity index (χ1v) is 6.89. The van der Waals surface area contributed by atoms with Crippen molar-refractivity contribution < 1.29 is 4.92 Å². The quantitative estimate of drug-likeness (QED) is 0.568. The molecule has 9 heteroatoms. The van der Waals surface area contributed by atoms with Crippen LogP contribution in [0.5, 0.6) is 0 Å². The summed E-state index contributed by atoms with van der Waals surface area (Å²) >= 11 is 3.33. The summed E-state index contributed by atoms with van der Waals surface area (Å²) in [6.45, 7) is 0. The maximum absolute atomic E-state index is 11.8. The first kappa shape index (κ1) is 14.1. The van der Waals surface area contributed by atoms with Crippen molar-refractivity contribution in [2.24, 2.45) is 0 Å².